The van der Waals surface area contributed by atoms with Crippen molar-refractivity contribution in [1.82, 2.24) is 15.0 Å². The number of anilines is 3. The van der Waals surface area contributed by atoms with E-state index in [4.69, 9.17) is 0 Å². The summed E-state index contributed by atoms with van der Waals surface area (Å²) in [4.78, 5) is 15.8. The molecule has 2 heterocycles. The van der Waals surface area contributed by atoms with Gasteiger partial charge in [0.2, 0.25) is 17.8 Å². The van der Waals surface area contributed by atoms with Gasteiger partial charge in [-0.15, -0.1) is 0 Å². The van der Waals surface area contributed by atoms with Gasteiger partial charge in [0.1, 0.15) is 0 Å². The summed E-state index contributed by atoms with van der Waals surface area (Å²) in [6, 6.07) is 0.494. The molecular weight excluding hydrogens is 252 g/mol. The van der Waals surface area contributed by atoms with Crippen LogP contribution in [0, 0.1) is 5.92 Å². The van der Waals surface area contributed by atoms with Gasteiger partial charge in [0.25, 0.3) is 0 Å². The van der Waals surface area contributed by atoms with Crippen molar-refractivity contribution in [3.8, 4) is 0 Å². The van der Waals surface area contributed by atoms with Crippen LogP contribution in [0.5, 0.6) is 0 Å². The molecular formula is C14H24N6. The third kappa shape index (κ3) is 2.78. The van der Waals surface area contributed by atoms with E-state index in [-0.39, 0.29) is 0 Å². The predicted molar refractivity (Wildman–Crippen MR) is 81.2 cm³/mol. The van der Waals surface area contributed by atoms with Crippen molar-refractivity contribution in [1.29, 1.82) is 0 Å². The van der Waals surface area contributed by atoms with Gasteiger partial charge < -0.3 is 15.5 Å². The number of hydrogen-bond acceptors (Lipinski definition) is 6. The maximum absolute atomic E-state index is 4.61. The van der Waals surface area contributed by atoms with Crippen LogP contribution in [-0.4, -0.2) is 41.1 Å². The second-order valence-electron chi connectivity index (χ2n) is 5.89. The van der Waals surface area contributed by atoms with E-state index in [1.54, 1.807) is 0 Å². The monoisotopic (exact) mass is 276 g/mol. The zero-order chi connectivity index (χ0) is 13.9. The van der Waals surface area contributed by atoms with Gasteiger partial charge in [-0.3, -0.25) is 0 Å². The number of aromatic nitrogens is 3. The fraction of sp³-hybridized carbons (Fsp3) is 0.786. The zero-order valence-corrected chi connectivity index (χ0v) is 12.4. The summed E-state index contributed by atoms with van der Waals surface area (Å²) >= 11 is 0. The summed E-state index contributed by atoms with van der Waals surface area (Å²) in [6.07, 6.45) is 6.25. The van der Waals surface area contributed by atoms with Gasteiger partial charge in [0, 0.05) is 26.2 Å². The maximum atomic E-state index is 4.61. The van der Waals surface area contributed by atoms with Gasteiger partial charge in [0.15, 0.2) is 0 Å². The highest BCUT2D eigenvalue weighted by Gasteiger charge is 2.25. The van der Waals surface area contributed by atoms with Crippen molar-refractivity contribution in [2.75, 3.05) is 35.7 Å². The lowest BCUT2D eigenvalue weighted by molar-refractivity contribution is 0.553. The fourth-order valence-electron chi connectivity index (χ4n) is 3.13. The summed E-state index contributed by atoms with van der Waals surface area (Å²) in [5.41, 5.74) is 0. The minimum Gasteiger partial charge on any atom is -0.357 e. The van der Waals surface area contributed by atoms with E-state index >= 15 is 0 Å². The van der Waals surface area contributed by atoms with Gasteiger partial charge in [-0.2, -0.15) is 15.0 Å². The highest BCUT2D eigenvalue weighted by Crippen LogP contribution is 2.28. The van der Waals surface area contributed by atoms with Crippen LogP contribution in [-0.2, 0) is 0 Å². The molecule has 0 aromatic carbocycles. The molecule has 2 fully saturated rings. The Balaban J connectivity index is 1.80. The van der Waals surface area contributed by atoms with E-state index in [2.05, 4.69) is 37.4 Å². The Morgan fingerprint density at radius 3 is 2.40 bits per heavy atom. The molecule has 2 unspecified atom stereocenters. The summed E-state index contributed by atoms with van der Waals surface area (Å²) < 4.78 is 0. The van der Waals surface area contributed by atoms with E-state index in [1.165, 1.54) is 32.1 Å². The molecule has 0 amide bonds. The molecule has 2 aliphatic rings. The maximum Gasteiger partial charge on any atom is 0.231 e. The summed E-state index contributed by atoms with van der Waals surface area (Å²) in [7, 11) is 1.85. The SMILES string of the molecule is CNc1nc(NC2CCCC2C)nc(N2CCCC2)n1. The van der Waals surface area contributed by atoms with Crippen molar-refractivity contribution in [2.24, 2.45) is 5.92 Å². The van der Waals surface area contributed by atoms with Crippen molar-refractivity contribution in [2.45, 2.75) is 45.1 Å². The molecule has 0 spiro atoms. The smallest absolute Gasteiger partial charge is 0.231 e. The molecule has 1 aromatic heterocycles. The predicted octanol–water partition coefficient (Wildman–Crippen LogP) is 2.11. The summed E-state index contributed by atoms with van der Waals surface area (Å²) in [5, 5.41) is 6.54. The Kier molecular flexibility index (Phi) is 3.89. The summed E-state index contributed by atoms with van der Waals surface area (Å²) in [5.74, 6) is 2.86. The van der Waals surface area contributed by atoms with Crippen molar-refractivity contribution >= 4 is 17.8 Å². The van der Waals surface area contributed by atoms with Crippen LogP contribution >= 0.6 is 0 Å². The standard InChI is InChI=1S/C14H24N6/c1-10-6-5-7-11(10)16-13-17-12(15-2)18-14(19-13)20-8-3-4-9-20/h10-11H,3-9H2,1-2H3,(H2,15,16,17,18,19). The van der Waals surface area contributed by atoms with Crippen molar-refractivity contribution < 1.29 is 0 Å². The van der Waals surface area contributed by atoms with Crippen molar-refractivity contribution in [3.05, 3.63) is 0 Å². The van der Waals surface area contributed by atoms with Crippen LogP contribution in [0.3, 0.4) is 0 Å². The van der Waals surface area contributed by atoms with Gasteiger partial charge >= 0.3 is 0 Å². The largest absolute Gasteiger partial charge is 0.357 e. The molecule has 2 N–H and O–H groups in total. The molecule has 2 atom stereocenters. The topological polar surface area (TPSA) is 66.0 Å². The quantitative estimate of drug-likeness (QED) is 0.878. The van der Waals surface area contributed by atoms with Gasteiger partial charge in [0.05, 0.1) is 0 Å². The number of nitrogens with one attached hydrogen (secondary N) is 2. The summed E-state index contributed by atoms with van der Waals surface area (Å²) in [6.45, 7) is 4.39. The van der Waals surface area contributed by atoms with Crippen LogP contribution in [0.2, 0.25) is 0 Å². The molecule has 1 saturated heterocycles. The highest BCUT2D eigenvalue weighted by molar-refractivity contribution is 5.44. The fourth-order valence-corrected chi connectivity index (χ4v) is 3.13. The van der Waals surface area contributed by atoms with Crippen LogP contribution in [0.15, 0.2) is 0 Å². The van der Waals surface area contributed by atoms with E-state index in [1.807, 2.05) is 7.05 Å². The van der Waals surface area contributed by atoms with E-state index in [0.29, 0.717) is 23.9 Å². The first kappa shape index (κ1) is 13.4. The lowest BCUT2D eigenvalue weighted by Crippen LogP contribution is -2.26. The molecule has 6 nitrogen and oxygen atoms in total. The van der Waals surface area contributed by atoms with Crippen molar-refractivity contribution in [3.63, 3.8) is 0 Å². The lowest BCUT2D eigenvalue weighted by atomic mass is 10.1. The average molecular weight is 276 g/mol. The van der Waals surface area contributed by atoms with Gasteiger partial charge in [-0.1, -0.05) is 13.3 Å². The molecule has 1 aliphatic heterocycles. The second-order valence-corrected chi connectivity index (χ2v) is 5.89. The van der Waals surface area contributed by atoms with Crippen LogP contribution in [0.4, 0.5) is 17.8 Å². The molecule has 1 aliphatic carbocycles. The molecule has 3 rings (SSSR count). The minimum atomic E-state index is 0.494. The second kappa shape index (κ2) is 5.81. The molecule has 0 radical (unpaired) electrons. The molecule has 6 heteroatoms. The Hall–Kier alpha value is -1.59. The van der Waals surface area contributed by atoms with Crippen LogP contribution < -0.4 is 15.5 Å². The highest BCUT2D eigenvalue weighted by atomic mass is 15.3. The van der Waals surface area contributed by atoms with E-state index < -0.39 is 0 Å². The number of hydrogen-bond donors (Lipinski definition) is 2. The Morgan fingerprint density at radius 1 is 1.00 bits per heavy atom. The number of nitrogens with zero attached hydrogens (tertiary/aromatic N) is 4. The molecule has 0 bridgehead atoms. The lowest BCUT2D eigenvalue weighted by Gasteiger charge is -2.20. The van der Waals surface area contributed by atoms with E-state index in [0.717, 1.165) is 19.0 Å². The Labute approximate surface area is 120 Å². The van der Waals surface area contributed by atoms with E-state index in [9.17, 15) is 0 Å². The Bertz CT molecular complexity index is 457. The molecule has 1 saturated carbocycles. The molecule has 20 heavy (non-hydrogen) atoms. The van der Waals surface area contributed by atoms with Gasteiger partial charge in [-0.25, -0.2) is 0 Å². The Morgan fingerprint density at radius 2 is 1.75 bits per heavy atom. The number of rotatable bonds is 4. The normalized spacial score (nSPS) is 26.0. The third-order valence-electron chi connectivity index (χ3n) is 4.41. The van der Waals surface area contributed by atoms with Gasteiger partial charge in [-0.05, 0) is 31.6 Å². The first-order valence-electron chi connectivity index (χ1n) is 7.71. The van der Waals surface area contributed by atoms with Crippen LogP contribution in [0.1, 0.15) is 39.0 Å². The first-order valence-corrected chi connectivity index (χ1v) is 7.71. The van der Waals surface area contributed by atoms with Crippen LogP contribution in [0.25, 0.3) is 0 Å². The average Bonchev–Trinajstić information content (AvgIpc) is 3.11. The molecule has 1 aromatic rings. The molecule has 110 valence electrons. The first-order chi connectivity index (χ1) is 9.76. The zero-order valence-electron chi connectivity index (χ0n) is 12.4. The third-order valence-corrected chi connectivity index (χ3v) is 4.41. The minimum absolute atomic E-state index is 0.494.